The maximum Gasteiger partial charge on any atom is 0.151 e. The van der Waals surface area contributed by atoms with Gasteiger partial charge in [-0.25, -0.2) is 4.39 Å². The Labute approximate surface area is 183 Å². The monoisotopic (exact) mass is 423 g/mol. The molecule has 0 amide bonds. The van der Waals surface area contributed by atoms with E-state index < -0.39 is 5.92 Å². The van der Waals surface area contributed by atoms with Crippen molar-refractivity contribution in [1.82, 2.24) is 10.2 Å². The summed E-state index contributed by atoms with van der Waals surface area (Å²) in [6.07, 6.45) is 6.85. The Morgan fingerprint density at radius 3 is 3.03 bits per heavy atom. The Morgan fingerprint density at radius 2 is 2.29 bits per heavy atom. The normalized spacial score (nSPS) is 31.0. The molecule has 164 valence electrons. The lowest BCUT2D eigenvalue weighted by Gasteiger charge is -2.38. The highest BCUT2D eigenvalue weighted by Crippen LogP contribution is 2.36. The predicted molar refractivity (Wildman–Crippen MR) is 116 cm³/mol. The van der Waals surface area contributed by atoms with Crippen LogP contribution >= 0.6 is 0 Å². The molecule has 31 heavy (non-hydrogen) atoms. The number of rotatable bonds is 6. The Morgan fingerprint density at radius 1 is 1.39 bits per heavy atom. The number of hydrogen-bond acceptors (Lipinski definition) is 5. The lowest BCUT2D eigenvalue weighted by molar-refractivity contribution is -0.122. The largest absolute Gasteiger partial charge is 0.378 e. The summed E-state index contributed by atoms with van der Waals surface area (Å²) >= 11 is 0. The lowest BCUT2D eigenvalue weighted by atomic mass is 9.88. The minimum absolute atomic E-state index is 0.108. The number of piperidine rings is 1. The average Bonchev–Trinajstić information content (AvgIpc) is 3.43. The molecule has 5 atom stereocenters. The molecule has 0 spiro atoms. The number of fused-ring (bicyclic) bond motifs is 3. The van der Waals surface area contributed by atoms with Crippen LogP contribution in [-0.4, -0.2) is 55.1 Å². The van der Waals surface area contributed by atoms with Crippen molar-refractivity contribution >= 4 is 11.4 Å². The summed E-state index contributed by atoms with van der Waals surface area (Å²) in [4.78, 5) is 15.1. The smallest absolute Gasteiger partial charge is 0.151 e. The zero-order valence-electron chi connectivity index (χ0n) is 17.9. The quantitative estimate of drug-likeness (QED) is 0.762. The molecule has 0 radical (unpaired) electrons. The van der Waals surface area contributed by atoms with Crippen LogP contribution in [0.25, 0.3) is 5.57 Å². The van der Waals surface area contributed by atoms with Gasteiger partial charge in [-0.3, -0.25) is 9.69 Å². The second-order valence-electron chi connectivity index (χ2n) is 9.58. The van der Waals surface area contributed by atoms with Crippen LogP contribution < -0.4 is 5.32 Å². The molecule has 1 unspecified atom stereocenters. The summed E-state index contributed by atoms with van der Waals surface area (Å²) in [7, 11) is 0. The fourth-order valence-corrected chi connectivity index (χ4v) is 5.85. The summed E-state index contributed by atoms with van der Waals surface area (Å²) in [5.74, 6) is -0.244. The van der Waals surface area contributed by atoms with E-state index in [9.17, 15) is 14.4 Å². The second kappa shape index (κ2) is 8.82. The van der Waals surface area contributed by atoms with Gasteiger partial charge in [0.25, 0.3) is 0 Å². The molecule has 2 bridgehead atoms. The molecule has 1 saturated carbocycles. The second-order valence-corrected chi connectivity index (χ2v) is 9.58. The van der Waals surface area contributed by atoms with E-state index in [2.05, 4.69) is 22.4 Å². The van der Waals surface area contributed by atoms with Gasteiger partial charge in [-0.2, -0.15) is 5.26 Å². The molecule has 1 aromatic rings. The van der Waals surface area contributed by atoms with Crippen molar-refractivity contribution in [2.75, 3.05) is 26.3 Å². The number of carbonyl (C=O) groups excluding carboxylic acids is 1. The van der Waals surface area contributed by atoms with Gasteiger partial charge in [0.05, 0.1) is 31.2 Å². The first-order chi connectivity index (χ1) is 15.1. The highest BCUT2D eigenvalue weighted by atomic mass is 19.1. The van der Waals surface area contributed by atoms with Gasteiger partial charge < -0.3 is 10.1 Å². The van der Waals surface area contributed by atoms with Crippen LogP contribution in [0, 0.1) is 29.0 Å². The van der Waals surface area contributed by atoms with E-state index in [1.54, 1.807) is 12.1 Å². The van der Waals surface area contributed by atoms with E-state index in [1.165, 1.54) is 0 Å². The predicted octanol–water partition coefficient (Wildman–Crippen LogP) is 3.10. The van der Waals surface area contributed by atoms with Crippen molar-refractivity contribution in [2.24, 2.45) is 11.8 Å². The van der Waals surface area contributed by atoms with Gasteiger partial charge in [0.1, 0.15) is 5.82 Å². The number of ketones is 1. The van der Waals surface area contributed by atoms with Crippen molar-refractivity contribution in [2.45, 2.75) is 56.7 Å². The Hall–Kier alpha value is -2.07. The van der Waals surface area contributed by atoms with Crippen molar-refractivity contribution in [3.63, 3.8) is 0 Å². The molecule has 3 aliphatic heterocycles. The Bertz CT molecular complexity index is 924. The van der Waals surface area contributed by atoms with Crippen LogP contribution in [0.2, 0.25) is 0 Å². The standard InChI is InChI=1S/C25H30FN3O2/c26-23-13-17(18-5-6-29-7-8-31-15-22(29)12-18)1-2-19(23)9-16(14-27)10-24(30)25-20-3-4-21(11-20)28-25/h1-2,5,13,16,20-22,25,28H,3-4,6-12,15H2/t16-,20+,21-,22?,25+/m1/s1. The van der Waals surface area contributed by atoms with Crippen LogP contribution in [0.3, 0.4) is 0 Å². The molecule has 5 rings (SSSR count). The zero-order chi connectivity index (χ0) is 21.4. The highest BCUT2D eigenvalue weighted by molar-refractivity contribution is 5.85. The van der Waals surface area contributed by atoms with Crippen molar-refractivity contribution < 1.29 is 13.9 Å². The molecule has 3 fully saturated rings. The molecule has 3 heterocycles. The number of nitriles is 1. The fraction of sp³-hybridized carbons (Fsp3) is 0.600. The number of nitrogens with zero attached hydrogens (tertiary/aromatic N) is 2. The molecule has 2 saturated heterocycles. The summed E-state index contributed by atoms with van der Waals surface area (Å²) < 4.78 is 20.5. The minimum atomic E-state index is -0.490. The van der Waals surface area contributed by atoms with Crippen LogP contribution in [0.4, 0.5) is 4.39 Å². The van der Waals surface area contributed by atoms with Crippen molar-refractivity contribution in [3.05, 3.63) is 41.2 Å². The molecular formula is C25H30FN3O2. The third-order valence-corrected chi connectivity index (χ3v) is 7.60. The van der Waals surface area contributed by atoms with Gasteiger partial charge in [0.2, 0.25) is 0 Å². The van der Waals surface area contributed by atoms with E-state index in [1.807, 2.05) is 6.07 Å². The Kier molecular flexibility index (Phi) is 5.92. The number of morpholine rings is 1. The van der Waals surface area contributed by atoms with Gasteiger partial charge >= 0.3 is 0 Å². The maximum absolute atomic E-state index is 14.9. The molecule has 0 aromatic heterocycles. The first kappa shape index (κ1) is 20.8. The van der Waals surface area contributed by atoms with E-state index in [0.717, 1.165) is 63.1 Å². The number of benzene rings is 1. The number of Topliss-reactive ketones (excluding diaryl/α,β-unsaturated/α-hetero) is 1. The number of nitrogens with one attached hydrogen (secondary N) is 1. The topological polar surface area (TPSA) is 65.4 Å². The summed E-state index contributed by atoms with van der Waals surface area (Å²) in [6.45, 7) is 3.34. The van der Waals surface area contributed by atoms with Gasteiger partial charge in [-0.15, -0.1) is 0 Å². The minimum Gasteiger partial charge on any atom is -0.378 e. The molecule has 1 N–H and O–H groups in total. The fourth-order valence-electron chi connectivity index (χ4n) is 5.85. The molecule has 1 aliphatic carbocycles. The number of ether oxygens (including phenoxy) is 1. The lowest BCUT2D eigenvalue weighted by Crippen LogP contribution is -2.47. The first-order valence-electron chi connectivity index (χ1n) is 11.6. The highest BCUT2D eigenvalue weighted by Gasteiger charge is 2.42. The van der Waals surface area contributed by atoms with Gasteiger partial charge in [0, 0.05) is 31.6 Å². The third kappa shape index (κ3) is 4.32. The summed E-state index contributed by atoms with van der Waals surface area (Å²) in [6, 6.07) is 8.30. The van der Waals surface area contributed by atoms with E-state index in [4.69, 9.17) is 4.74 Å². The number of carbonyl (C=O) groups is 1. The van der Waals surface area contributed by atoms with Crippen molar-refractivity contribution in [1.29, 1.82) is 5.26 Å². The summed E-state index contributed by atoms with van der Waals surface area (Å²) in [5, 5.41) is 13.0. The van der Waals surface area contributed by atoms with Crippen LogP contribution in [0.15, 0.2) is 24.3 Å². The van der Waals surface area contributed by atoms with Crippen LogP contribution in [-0.2, 0) is 16.0 Å². The van der Waals surface area contributed by atoms with Gasteiger partial charge in [-0.05, 0) is 60.8 Å². The van der Waals surface area contributed by atoms with Crippen LogP contribution in [0.5, 0.6) is 0 Å². The van der Waals surface area contributed by atoms with Crippen LogP contribution in [0.1, 0.15) is 43.2 Å². The van der Waals surface area contributed by atoms with Crippen molar-refractivity contribution in [3.8, 4) is 6.07 Å². The zero-order valence-corrected chi connectivity index (χ0v) is 17.9. The maximum atomic E-state index is 14.9. The molecule has 6 heteroatoms. The molecule has 4 aliphatic rings. The summed E-state index contributed by atoms with van der Waals surface area (Å²) in [5.41, 5.74) is 2.58. The number of hydrogen-bond donors (Lipinski definition) is 1. The molecule has 5 nitrogen and oxygen atoms in total. The van der Waals surface area contributed by atoms with E-state index in [0.29, 0.717) is 23.6 Å². The first-order valence-corrected chi connectivity index (χ1v) is 11.6. The third-order valence-electron chi connectivity index (χ3n) is 7.60. The van der Waals surface area contributed by atoms with E-state index in [-0.39, 0.29) is 30.5 Å². The Balaban J connectivity index is 1.23. The van der Waals surface area contributed by atoms with Gasteiger partial charge in [-0.1, -0.05) is 18.2 Å². The molecular weight excluding hydrogens is 393 g/mol. The number of halogens is 1. The average molecular weight is 424 g/mol. The SMILES string of the molecule is N#C[C@@H](CC(=O)[C@H]1N[C@@H]2CC[C@H]1C2)Cc1ccc(C2=CCN3CCOCC3C2)cc1F. The van der Waals surface area contributed by atoms with E-state index >= 15 is 0 Å². The molecule has 1 aromatic carbocycles. The van der Waals surface area contributed by atoms with Gasteiger partial charge in [0.15, 0.2) is 5.78 Å².